The minimum atomic E-state index is 0.0754. The van der Waals surface area contributed by atoms with E-state index < -0.39 is 0 Å². The van der Waals surface area contributed by atoms with Crippen molar-refractivity contribution in [1.82, 2.24) is 15.0 Å². The topological polar surface area (TPSA) is 83.2 Å². The molecule has 20 heavy (non-hydrogen) atoms. The summed E-state index contributed by atoms with van der Waals surface area (Å²) in [5.74, 6) is 0.767. The van der Waals surface area contributed by atoms with Gasteiger partial charge in [0, 0.05) is 0 Å². The van der Waals surface area contributed by atoms with Crippen LogP contribution in [0.5, 0.6) is 17.8 Å². The molecule has 0 aliphatic heterocycles. The lowest BCUT2D eigenvalue weighted by atomic mass is 10.1. The summed E-state index contributed by atoms with van der Waals surface area (Å²) in [4.78, 5) is 12.0. The number of nitrogens with two attached hydrogens (primary N) is 1. The third-order valence-electron chi connectivity index (χ3n) is 2.59. The van der Waals surface area contributed by atoms with Gasteiger partial charge in [0.1, 0.15) is 5.75 Å². The number of ether oxygens (including phenoxy) is 2. The van der Waals surface area contributed by atoms with Gasteiger partial charge in [-0.05, 0) is 37.5 Å². The van der Waals surface area contributed by atoms with Crippen molar-refractivity contribution < 1.29 is 9.47 Å². The van der Waals surface area contributed by atoms with E-state index in [1.165, 1.54) is 0 Å². The van der Waals surface area contributed by atoms with Crippen LogP contribution in [0.25, 0.3) is 0 Å². The predicted octanol–water partition coefficient (Wildman–Crippen LogP) is 2.65. The number of rotatable bonds is 5. The quantitative estimate of drug-likeness (QED) is 0.902. The zero-order valence-corrected chi connectivity index (χ0v) is 11.9. The lowest BCUT2D eigenvalue weighted by molar-refractivity contribution is 0.285. The molecule has 0 saturated carbocycles. The van der Waals surface area contributed by atoms with Gasteiger partial charge in [-0.1, -0.05) is 19.1 Å². The van der Waals surface area contributed by atoms with Gasteiger partial charge in [-0.3, -0.25) is 0 Å². The van der Waals surface area contributed by atoms with Crippen LogP contribution in [-0.4, -0.2) is 21.6 Å². The second kappa shape index (κ2) is 6.18. The van der Waals surface area contributed by atoms with E-state index in [9.17, 15) is 0 Å². The summed E-state index contributed by atoms with van der Waals surface area (Å²) >= 11 is 0. The Hall–Kier alpha value is -2.37. The van der Waals surface area contributed by atoms with Crippen molar-refractivity contribution in [1.29, 1.82) is 0 Å². The molecular weight excluding hydrogens is 256 g/mol. The van der Waals surface area contributed by atoms with E-state index in [1.807, 2.05) is 39.0 Å². The van der Waals surface area contributed by atoms with E-state index in [2.05, 4.69) is 15.0 Å². The van der Waals surface area contributed by atoms with Crippen molar-refractivity contribution in [3.63, 3.8) is 0 Å². The second-order valence-corrected chi connectivity index (χ2v) is 4.48. The van der Waals surface area contributed by atoms with Gasteiger partial charge in [-0.25, -0.2) is 0 Å². The summed E-state index contributed by atoms with van der Waals surface area (Å²) < 4.78 is 11.0. The van der Waals surface area contributed by atoms with Crippen LogP contribution >= 0.6 is 0 Å². The minimum Gasteiger partial charge on any atom is -0.463 e. The predicted molar refractivity (Wildman–Crippen MR) is 76.0 cm³/mol. The van der Waals surface area contributed by atoms with Crippen molar-refractivity contribution in [2.45, 2.75) is 27.2 Å². The molecule has 0 fully saturated rings. The highest BCUT2D eigenvalue weighted by molar-refractivity contribution is 5.38. The zero-order chi connectivity index (χ0) is 14.5. The summed E-state index contributed by atoms with van der Waals surface area (Å²) in [6.07, 6.45) is 0.860. The summed E-state index contributed by atoms with van der Waals surface area (Å²) in [7, 11) is 0. The number of nitrogen functional groups attached to an aromatic ring is 1. The molecule has 0 spiro atoms. The molecule has 0 aliphatic carbocycles. The molecule has 106 valence electrons. The fourth-order valence-electron chi connectivity index (χ4n) is 1.57. The largest absolute Gasteiger partial charge is 0.463 e. The summed E-state index contributed by atoms with van der Waals surface area (Å²) in [5.41, 5.74) is 7.71. The van der Waals surface area contributed by atoms with E-state index in [4.69, 9.17) is 15.2 Å². The van der Waals surface area contributed by atoms with Crippen LogP contribution in [0, 0.1) is 13.8 Å². The van der Waals surface area contributed by atoms with E-state index in [-0.39, 0.29) is 18.0 Å². The van der Waals surface area contributed by atoms with Crippen LogP contribution in [0.3, 0.4) is 0 Å². The van der Waals surface area contributed by atoms with E-state index in [0.29, 0.717) is 12.4 Å². The van der Waals surface area contributed by atoms with Crippen molar-refractivity contribution in [3.05, 3.63) is 29.3 Å². The molecule has 0 amide bonds. The minimum absolute atomic E-state index is 0.0754. The molecule has 0 unspecified atom stereocenters. The highest BCUT2D eigenvalue weighted by atomic mass is 16.5. The zero-order valence-electron chi connectivity index (χ0n) is 11.9. The number of anilines is 1. The van der Waals surface area contributed by atoms with E-state index in [0.717, 1.165) is 17.5 Å². The maximum absolute atomic E-state index is 5.67. The number of nitrogens with zero attached hydrogens (tertiary/aromatic N) is 3. The Balaban J connectivity index is 2.24. The van der Waals surface area contributed by atoms with Crippen molar-refractivity contribution in [3.8, 4) is 17.8 Å². The lowest BCUT2D eigenvalue weighted by Gasteiger charge is -2.09. The Bertz CT molecular complexity index is 602. The van der Waals surface area contributed by atoms with Gasteiger partial charge in [0.15, 0.2) is 0 Å². The molecule has 1 aromatic carbocycles. The number of hydrogen-bond acceptors (Lipinski definition) is 6. The van der Waals surface area contributed by atoms with Gasteiger partial charge in [-0.15, -0.1) is 4.98 Å². The molecule has 0 radical (unpaired) electrons. The standard InChI is InChI=1S/C14H18N4O2/c1-4-7-19-13-16-12(15)17-14(18-13)20-11-8-9(2)5-6-10(11)3/h5-6,8H,4,7H2,1-3H3,(H2,15,16,17,18). The fourth-order valence-corrected chi connectivity index (χ4v) is 1.57. The molecule has 0 aliphatic rings. The van der Waals surface area contributed by atoms with Crippen molar-refractivity contribution in [2.24, 2.45) is 0 Å². The molecule has 2 N–H and O–H groups in total. The Morgan fingerprint density at radius 3 is 2.60 bits per heavy atom. The summed E-state index contributed by atoms with van der Waals surface area (Å²) in [6, 6.07) is 6.22. The number of aryl methyl sites for hydroxylation is 2. The first kappa shape index (κ1) is 14.0. The Morgan fingerprint density at radius 2 is 1.85 bits per heavy atom. The van der Waals surface area contributed by atoms with Crippen LogP contribution in [-0.2, 0) is 0 Å². The number of hydrogen-bond donors (Lipinski definition) is 1. The summed E-state index contributed by atoms with van der Waals surface area (Å²) in [6.45, 7) is 6.46. The Labute approximate surface area is 118 Å². The third kappa shape index (κ3) is 3.57. The van der Waals surface area contributed by atoms with Crippen LogP contribution in [0.1, 0.15) is 24.5 Å². The molecule has 1 aromatic heterocycles. The highest BCUT2D eigenvalue weighted by Gasteiger charge is 2.09. The molecule has 0 bridgehead atoms. The van der Waals surface area contributed by atoms with Crippen LogP contribution in [0.2, 0.25) is 0 Å². The lowest BCUT2D eigenvalue weighted by Crippen LogP contribution is -2.06. The van der Waals surface area contributed by atoms with Crippen LogP contribution < -0.4 is 15.2 Å². The van der Waals surface area contributed by atoms with E-state index in [1.54, 1.807) is 0 Å². The van der Waals surface area contributed by atoms with Gasteiger partial charge in [0.25, 0.3) is 0 Å². The number of aromatic nitrogens is 3. The average Bonchev–Trinajstić information content (AvgIpc) is 2.40. The molecule has 0 saturated heterocycles. The average molecular weight is 274 g/mol. The third-order valence-corrected chi connectivity index (χ3v) is 2.59. The Kier molecular flexibility index (Phi) is 4.34. The highest BCUT2D eigenvalue weighted by Crippen LogP contribution is 2.24. The van der Waals surface area contributed by atoms with Crippen LogP contribution in [0.4, 0.5) is 5.95 Å². The van der Waals surface area contributed by atoms with Gasteiger partial charge < -0.3 is 15.2 Å². The van der Waals surface area contributed by atoms with E-state index >= 15 is 0 Å². The van der Waals surface area contributed by atoms with Crippen molar-refractivity contribution >= 4 is 5.95 Å². The summed E-state index contributed by atoms with van der Waals surface area (Å²) in [5, 5.41) is 0. The molecule has 0 atom stereocenters. The second-order valence-electron chi connectivity index (χ2n) is 4.48. The normalized spacial score (nSPS) is 10.3. The smallest absolute Gasteiger partial charge is 0.330 e. The molecule has 2 aromatic rings. The molecule has 6 nitrogen and oxygen atoms in total. The molecule has 2 rings (SSSR count). The van der Waals surface area contributed by atoms with Gasteiger partial charge in [-0.2, -0.15) is 9.97 Å². The van der Waals surface area contributed by atoms with Gasteiger partial charge in [0.05, 0.1) is 6.61 Å². The molecule has 6 heteroatoms. The first-order valence-electron chi connectivity index (χ1n) is 6.48. The van der Waals surface area contributed by atoms with Crippen molar-refractivity contribution in [2.75, 3.05) is 12.3 Å². The first-order chi connectivity index (χ1) is 9.58. The van der Waals surface area contributed by atoms with Crippen LogP contribution in [0.15, 0.2) is 18.2 Å². The maximum Gasteiger partial charge on any atom is 0.330 e. The first-order valence-corrected chi connectivity index (χ1v) is 6.48. The maximum atomic E-state index is 5.67. The SMILES string of the molecule is CCCOc1nc(N)nc(Oc2cc(C)ccc2C)n1. The molecular formula is C14H18N4O2. The van der Waals surface area contributed by atoms with Gasteiger partial charge >= 0.3 is 12.0 Å². The number of benzene rings is 1. The fraction of sp³-hybridized carbons (Fsp3) is 0.357. The molecule has 1 heterocycles. The van der Waals surface area contributed by atoms with Gasteiger partial charge in [0.2, 0.25) is 5.95 Å². The Morgan fingerprint density at radius 1 is 1.10 bits per heavy atom. The monoisotopic (exact) mass is 274 g/mol.